The van der Waals surface area contributed by atoms with Gasteiger partial charge in [-0.05, 0) is 61.0 Å². The van der Waals surface area contributed by atoms with E-state index in [1.54, 1.807) is 6.07 Å². The lowest BCUT2D eigenvalue weighted by atomic mass is 9.90. The topological polar surface area (TPSA) is 307 Å². The van der Waals surface area contributed by atoms with Gasteiger partial charge in [-0.15, -0.1) is 11.8 Å². The second-order valence-electron chi connectivity index (χ2n) is 16.1. The van der Waals surface area contributed by atoms with Crippen LogP contribution in [0.15, 0.2) is 82.1 Å². The molecule has 7 rings (SSSR count). The number of halogens is 2. The second-order valence-corrected chi connectivity index (χ2v) is 17.3. The quantitative estimate of drug-likeness (QED) is 0.0611. The largest absolute Gasteiger partial charge is 0.508 e. The second kappa shape index (κ2) is 19.9. The van der Waals surface area contributed by atoms with Crippen LogP contribution in [-0.2, 0) is 35.3 Å². The van der Waals surface area contributed by atoms with Gasteiger partial charge in [0, 0.05) is 71.8 Å². The van der Waals surface area contributed by atoms with Crippen LogP contribution in [0, 0.1) is 11.3 Å². The summed E-state index contributed by atoms with van der Waals surface area (Å²) in [7, 11) is 0. The van der Waals surface area contributed by atoms with Crippen LogP contribution < -0.4 is 26.3 Å². The zero-order valence-corrected chi connectivity index (χ0v) is 36.9. The maximum absolute atomic E-state index is 13.8. The minimum absolute atomic E-state index is 0.0152. The van der Waals surface area contributed by atoms with Crippen LogP contribution in [0.2, 0.25) is 0 Å². The van der Waals surface area contributed by atoms with Gasteiger partial charge >= 0.3 is 11.9 Å². The molecule has 4 atom stereocenters. The van der Waals surface area contributed by atoms with Gasteiger partial charge in [-0.3, -0.25) is 38.5 Å². The first-order chi connectivity index (χ1) is 32.7. The Labute approximate surface area is 392 Å². The Kier molecular flexibility index (Phi) is 14.0. The van der Waals surface area contributed by atoms with E-state index in [9.17, 15) is 72.5 Å². The SMILES string of the molecule is C[C@H](NC(=O)c1ccnc(CNC(=O)CCC(=O)NC(CSC2CC(=O)N(c3ccc(-c4c5ccc(=O)cc-5oc5cc(O)ccc45)c(C(=O)O)c3)C2=O)C(=O)O)c1)C(=O)N1CC(F)(F)C[C@H]1C#N. The molecule has 23 heteroatoms. The normalized spacial score (nSPS) is 17.3. The number of hydrogen-bond acceptors (Lipinski definition) is 14. The Balaban J connectivity index is 0.920. The Bertz CT molecular complexity index is 3030. The summed E-state index contributed by atoms with van der Waals surface area (Å²) in [5.74, 6) is -11.1. The van der Waals surface area contributed by atoms with Crippen LogP contribution in [-0.4, -0.2) is 114 Å². The highest BCUT2D eigenvalue weighted by molar-refractivity contribution is 8.00. The maximum Gasteiger partial charge on any atom is 0.336 e. The number of carboxylic acid groups (broad SMARTS) is 2. The fourth-order valence-corrected chi connectivity index (χ4v) is 9.01. The molecule has 0 radical (unpaired) electrons. The lowest BCUT2D eigenvalue weighted by Gasteiger charge is -2.23. The number of imide groups is 1. The number of amides is 6. The van der Waals surface area contributed by atoms with Gasteiger partial charge in [0.25, 0.3) is 11.8 Å². The molecule has 2 fully saturated rings. The molecular weight excluding hydrogens is 929 g/mol. The first-order valence-corrected chi connectivity index (χ1v) is 22.0. The van der Waals surface area contributed by atoms with Crippen molar-refractivity contribution in [3.05, 3.63) is 100.0 Å². The number of pyridine rings is 1. The first kappa shape index (κ1) is 48.7. The van der Waals surface area contributed by atoms with E-state index in [0.29, 0.717) is 16.5 Å². The van der Waals surface area contributed by atoms with Gasteiger partial charge in [-0.2, -0.15) is 5.26 Å². The summed E-state index contributed by atoms with van der Waals surface area (Å²) in [4.78, 5) is 121. The highest BCUT2D eigenvalue weighted by Crippen LogP contribution is 2.43. The number of aromatic carboxylic acids is 1. The summed E-state index contributed by atoms with van der Waals surface area (Å²) < 4.78 is 33.5. The van der Waals surface area contributed by atoms with Gasteiger partial charge in [-0.25, -0.2) is 23.3 Å². The number of likely N-dealkylation sites (tertiary alicyclic amines) is 1. The van der Waals surface area contributed by atoms with Gasteiger partial charge < -0.3 is 40.6 Å². The summed E-state index contributed by atoms with van der Waals surface area (Å²) >= 11 is 0.780. The van der Waals surface area contributed by atoms with E-state index in [1.807, 2.05) is 0 Å². The number of aliphatic carboxylic acids is 1. The number of carbonyl (C=O) groups excluding carboxylic acids is 6. The molecule has 1 aromatic heterocycles. The highest BCUT2D eigenvalue weighted by atomic mass is 32.2. The number of anilines is 1. The summed E-state index contributed by atoms with van der Waals surface area (Å²) in [5, 5.41) is 46.0. The third-order valence-corrected chi connectivity index (χ3v) is 12.5. The third-order valence-electron chi connectivity index (χ3n) is 11.2. The molecule has 2 unspecified atom stereocenters. The van der Waals surface area contributed by atoms with Gasteiger partial charge in [0.15, 0.2) is 5.43 Å². The van der Waals surface area contributed by atoms with Crippen molar-refractivity contribution in [3.63, 3.8) is 0 Å². The predicted octanol–water partition coefficient (Wildman–Crippen LogP) is 3.27. The van der Waals surface area contributed by atoms with Gasteiger partial charge in [0.05, 0.1) is 41.4 Å². The molecule has 4 aliphatic rings. The van der Waals surface area contributed by atoms with Crippen molar-refractivity contribution in [2.24, 2.45) is 0 Å². The average Bonchev–Trinajstić information content (AvgIpc) is 3.79. The summed E-state index contributed by atoms with van der Waals surface area (Å²) in [5.41, 5.74) is 0.434. The Morgan fingerprint density at radius 3 is 2.42 bits per heavy atom. The number of alkyl halides is 2. The molecule has 2 saturated heterocycles. The fourth-order valence-electron chi connectivity index (χ4n) is 7.85. The molecule has 0 spiro atoms. The van der Waals surface area contributed by atoms with Crippen LogP contribution in [0.1, 0.15) is 59.0 Å². The number of nitrogens with one attached hydrogen (secondary N) is 3. The van der Waals surface area contributed by atoms with Crippen LogP contribution in [0.5, 0.6) is 5.75 Å². The molecule has 6 amide bonds. The molecule has 3 aliphatic heterocycles. The van der Waals surface area contributed by atoms with Gasteiger partial charge in [0.1, 0.15) is 35.2 Å². The summed E-state index contributed by atoms with van der Waals surface area (Å²) in [6, 6.07) is 12.2. The molecule has 4 heterocycles. The molecule has 2 aromatic carbocycles. The van der Waals surface area contributed by atoms with Crippen LogP contribution in [0.25, 0.3) is 33.4 Å². The summed E-state index contributed by atoms with van der Waals surface area (Å²) in [6.45, 7) is 0.118. The standard InChI is InChI=1S/C46H39F2N7O13S/c1-22(42(62)54-21-46(47,48)17-26(54)18-49)52-41(61)23-10-11-50-24(12-23)19-51-37(58)8-9-38(59)53-33(45(66)67)20-69-36-16-39(60)55(43(36)63)25-2-5-29(32(13-25)44(64)65)40-30-6-3-27(56)14-34(30)68-35-15-28(57)4-7-31(35)40/h2-7,10-15,22,26,33,36,56H,8-9,16-17,19-21H2,1H3,(H,51,58)(H,52,61)(H,53,59)(H,64,65)(H,66,67)/t22-,26-,33?,36?/m0/s1. The van der Waals surface area contributed by atoms with Crippen molar-refractivity contribution in [2.75, 3.05) is 17.2 Å². The van der Waals surface area contributed by atoms with E-state index in [1.165, 1.54) is 73.8 Å². The monoisotopic (exact) mass is 967 g/mol. The number of carbonyl (C=O) groups is 8. The molecule has 20 nitrogen and oxygen atoms in total. The smallest absolute Gasteiger partial charge is 0.336 e. The van der Waals surface area contributed by atoms with E-state index in [2.05, 4.69) is 20.9 Å². The number of phenols is 1. The molecule has 0 bridgehead atoms. The molecule has 69 heavy (non-hydrogen) atoms. The number of nitrogens with zero attached hydrogens (tertiary/aromatic N) is 4. The molecule has 356 valence electrons. The Morgan fingerprint density at radius 1 is 0.957 bits per heavy atom. The number of nitriles is 1. The van der Waals surface area contributed by atoms with Crippen LogP contribution >= 0.6 is 11.8 Å². The fraction of sp³-hybridized carbons (Fsp3) is 0.283. The van der Waals surface area contributed by atoms with Crippen LogP contribution in [0.4, 0.5) is 14.5 Å². The number of thioether (sulfide) groups is 1. The number of phenolic OH excluding ortho intramolecular Hbond substituents is 1. The van der Waals surface area contributed by atoms with Gasteiger partial charge in [-0.1, -0.05) is 6.07 Å². The molecular formula is C46H39F2N7O13S. The van der Waals surface area contributed by atoms with Crippen molar-refractivity contribution >= 4 is 75.8 Å². The minimum atomic E-state index is -3.24. The Hall–Kier alpha value is -8.26. The van der Waals surface area contributed by atoms with E-state index >= 15 is 0 Å². The van der Waals surface area contributed by atoms with Crippen molar-refractivity contribution < 1.29 is 66.9 Å². The van der Waals surface area contributed by atoms with Crippen molar-refractivity contribution in [2.45, 2.75) is 68.4 Å². The zero-order valence-electron chi connectivity index (χ0n) is 36.1. The van der Waals surface area contributed by atoms with Gasteiger partial charge in [0.2, 0.25) is 29.5 Å². The van der Waals surface area contributed by atoms with E-state index < -0.39 is 102 Å². The number of aromatic nitrogens is 1. The number of benzene rings is 3. The lowest BCUT2D eigenvalue weighted by Crippen LogP contribution is -2.48. The van der Waals surface area contributed by atoms with Crippen molar-refractivity contribution in [3.8, 4) is 34.3 Å². The molecule has 1 aliphatic carbocycles. The summed E-state index contributed by atoms with van der Waals surface area (Å²) in [6.07, 6.45) is -0.801. The lowest BCUT2D eigenvalue weighted by molar-refractivity contribution is -0.141. The average molecular weight is 968 g/mol. The van der Waals surface area contributed by atoms with Crippen molar-refractivity contribution in [1.82, 2.24) is 25.8 Å². The highest BCUT2D eigenvalue weighted by Gasteiger charge is 2.48. The predicted molar refractivity (Wildman–Crippen MR) is 239 cm³/mol. The number of rotatable bonds is 16. The maximum atomic E-state index is 13.8. The van der Waals surface area contributed by atoms with Crippen LogP contribution in [0.3, 0.4) is 0 Å². The van der Waals surface area contributed by atoms with E-state index in [4.69, 9.17) is 4.42 Å². The number of carboxylic acids is 2. The molecule has 0 saturated carbocycles. The zero-order chi connectivity index (χ0) is 49.9. The number of hydrogen-bond donors (Lipinski definition) is 6. The Morgan fingerprint density at radius 2 is 1.70 bits per heavy atom. The molecule has 3 aromatic rings. The number of aromatic hydroxyl groups is 1. The number of fused-ring (bicyclic) bond motifs is 2. The van der Waals surface area contributed by atoms with Crippen molar-refractivity contribution in [1.29, 1.82) is 5.26 Å². The van der Waals surface area contributed by atoms with E-state index in [0.717, 1.165) is 27.6 Å². The third kappa shape index (κ3) is 10.8. The first-order valence-electron chi connectivity index (χ1n) is 20.9. The van der Waals surface area contributed by atoms with E-state index in [-0.39, 0.29) is 69.3 Å². The molecule has 6 N–H and O–H groups in total. The minimum Gasteiger partial charge on any atom is -0.508 e.